The van der Waals surface area contributed by atoms with Crippen molar-refractivity contribution < 1.29 is 14.2 Å². The van der Waals surface area contributed by atoms with E-state index in [-0.39, 0.29) is 11.6 Å². The van der Waals surface area contributed by atoms with Crippen molar-refractivity contribution in [2.24, 2.45) is 5.84 Å². The summed E-state index contributed by atoms with van der Waals surface area (Å²) in [4.78, 5) is 0. The van der Waals surface area contributed by atoms with E-state index in [9.17, 15) is 0 Å². The highest BCUT2D eigenvalue weighted by Gasteiger charge is 2.42. The average Bonchev–Trinajstić information content (AvgIpc) is 2.55. The Bertz CT molecular complexity index is 433. The van der Waals surface area contributed by atoms with Crippen LogP contribution in [-0.4, -0.2) is 32.5 Å². The van der Waals surface area contributed by atoms with E-state index in [1.54, 1.807) is 7.11 Å². The topological polar surface area (TPSA) is 65.7 Å². The van der Waals surface area contributed by atoms with Gasteiger partial charge in [0.25, 0.3) is 0 Å². The highest BCUT2D eigenvalue weighted by molar-refractivity contribution is 5.37. The first kappa shape index (κ1) is 16.2. The summed E-state index contributed by atoms with van der Waals surface area (Å²) in [6.45, 7) is 4.15. The van der Waals surface area contributed by atoms with Crippen molar-refractivity contribution in [1.82, 2.24) is 5.43 Å². The van der Waals surface area contributed by atoms with Crippen LogP contribution in [0, 0.1) is 0 Å². The van der Waals surface area contributed by atoms with E-state index >= 15 is 0 Å². The van der Waals surface area contributed by atoms with Crippen molar-refractivity contribution in [3.8, 4) is 5.75 Å². The Balaban J connectivity index is 2.31. The van der Waals surface area contributed by atoms with Crippen LogP contribution in [-0.2, 0) is 9.47 Å². The number of hydrazine groups is 1. The lowest BCUT2D eigenvalue weighted by Crippen LogP contribution is -2.51. The fraction of sp³-hybridized carbons (Fsp3) is 0.625. The number of methoxy groups -OCH3 is 1. The monoisotopic (exact) mass is 294 g/mol. The predicted octanol–water partition coefficient (Wildman–Crippen LogP) is 2.18. The number of nitrogens with two attached hydrogens (primary N) is 1. The number of hydrogen-bond donors (Lipinski definition) is 2. The van der Waals surface area contributed by atoms with E-state index in [2.05, 4.69) is 12.3 Å². The minimum atomic E-state index is -0.362. The van der Waals surface area contributed by atoms with Crippen LogP contribution in [0.2, 0.25) is 0 Å². The van der Waals surface area contributed by atoms with E-state index in [1.807, 2.05) is 24.3 Å². The van der Waals surface area contributed by atoms with Crippen molar-refractivity contribution in [2.75, 3.05) is 26.9 Å². The van der Waals surface area contributed by atoms with Gasteiger partial charge in [0.1, 0.15) is 5.75 Å². The summed E-state index contributed by atoms with van der Waals surface area (Å²) >= 11 is 0. The molecular formula is C16H26N2O3. The standard InChI is InChI=1S/C16H26N2O3/c1-3-10-21-14-7-5-4-6-13(14)15(18-17)16(19-2)8-11-20-12-9-16/h4-7,15,18H,3,8-12,17H2,1-2H3. The lowest BCUT2D eigenvalue weighted by molar-refractivity contribution is -0.112. The molecule has 2 rings (SSSR count). The molecule has 5 heteroatoms. The Morgan fingerprint density at radius 1 is 1.33 bits per heavy atom. The second-order valence-electron chi connectivity index (χ2n) is 5.37. The number of para-hydroxylation sites is 1. The van der Waals surface area contributed by atoms with E-state index < -0.39 is 0 Å². The molecule has 5 nitrogen and oxygen atoms in total. The zero-order valence-electron chi connectivity index (χ0n) is 12.9. The highest BCUT2D eigenvalue weighted by atomic mass is 16.5. The van der Waals surface area contributed by atoms with Crippen LogP contribution >= 0.6 is 0 Å². The third-order valence-electron chi connectivity index (χ3n) is 4.13. The zero-order chi connectivity index (χ0) is 15.1. The number of ether oxygens (including phenoxy) is 3. The molecule has 0 aromatic heterocycles. The molecule has 1 aromatic rings. The maximum atomic E-state index is 5.87. The fourth-order valence-electron chi connectivity index (χ4n) is 2.92. The molecule has 1 aliphatic heterocycles. The number of benzene rings is 1. The summed E-state index contributed by atoms with van der Waals surface area (Å²) in [7, 11) is 1.74. The van der Waals surface area contributed by atoms with Crippen LogP contribution in [0.3, 0.4) is 0 Å². The van der Waals surface area contributed by atoms with Crippen LogP contribution in [0.25, 0.3) is 0 Å². The Hall–Kier alpha value is -1.14. The van der Waals surface area contributed by atoms with Crippen LogP contribution < -0.4 is 16.0 Å². The first-order valence-electron chi connectivity index (χ1n) is 7.58. The second-order valence-corrected chi connectivity index (χ2v) is 5.37. The van der Waals surface area contributed by atoms with Gasteiger partial charge in [0, 0.05) is 38.7 Å². The van der Waals surface area contributed by atoms with Crippen molar-refractivity contribution in [3.63, 3.8) is 0 Å². The van der Waals surface area contributed by atoms with Gasteiger partial charge in [-0.1, -0.05) is 25.1 Å². The highest BCUT2D eigenvalue weighted by Crippen LogP contribution is 2.40. The number of rotatable bonds is 7. The maximum Gasteiger partial charge on any atom is 0.124 e. The first-order chi connectivity index (χ1) is 10.3. The summed E-state index contributed by atoms with van der Waals surface area (Å²) in [5.41, 5.74) is 3.61. The Morgan fingerprint density at radius 2 is 2.05 bits per heavy atom. The molecule has 1 atom stereocenters. The normalized spacial score (nSPS) is 19.2. The molecule has 21 heavy (non-hydrogen) atoms. The minimum absolute atomic E-state index is 0.126. The van der Waals surface area contributed by atoms with Gasteiger partial charge in [-0.3, -0.25) is 5.84 Å². The molecule has 1 unspecified atom stereocenters. The third-order valence-corrected chi connectivity index (χ3v) is 4.13. The van der Waals surface area contributed by atoms with Gasteiger partial charge in [0.15, 0.2) is 0 Å². The van der Waals surface area contributed by atoms with E-state index in [4.69, 9.17) is 20.1 Å². The van der Waals surface area contributed by atoms with Crippen molar-refractivity contribution in [2.45, 2.75) is 37.8 Å². The van der Waals surface area contributed by atoms with Crippen LogP contribution in [0.15, 0.2) is 24.3 Å². The van der Waals surface area contributed by atoms with Gasteiger partial charge in [0.05, 0.1) is 18.2 Å². The molecular weight excluding hydrogens is 268 g/mol. The van der Waals surface area contributed by atoms with Gasteiger partial charge in [-0.15, -0.1) is 0 Å². The second kappa shape index (κ2) is 7.75. The Labute approximate surface area is 126 Å². The molecule has 3 N–H and O–H groups in total. The molecule has 0 amide bonds. The summed E-state index contributed by atoms with van der Waals surface area (Å²) < 4.78 is 17.2. The largest absolute Gasteiger partial charge is 0.493 e. The maximum absolute atomic E-state index is 5.87. The summed E-state index contributed by atoms with van der Waals surface area (Å²) in [6.07, 6.45) is 2.58. The molecule has 0 aliphatic carbocycles. The SMILES string of the molecule is CCCOc1ccccc1C(NN)C1(OC)CCOCC1. The molecule has 0 saturated carbocycles. The minimum Gasteiger partial charge on any atom is -0.493 e. The number of hydrogen-bond acceptors (Lipinski definition) is 5. The quantitative estimate of drug-likeness (QED) is 0.596. The number of nitrogens with one attached hydrogen (secondary N) is 1. The molecule has 118 valence electrons. The summed E-state index contributed by atoms with van der Waals surface area (Å²) in [5.74, 6) is 6.73. The molecule has 1 heterocycles. The van der Waals surface area contributed by atoms with Crippen molar-refractivity contribution >= 4 is 0 Å². The van der Waals surface area contributed by atoms with Gasteiger partial charge < -0.3 is 14.2 Å². The van der Waals surface area contributed by atoms with Crippen LogP contribution in [0.1, 0.15) is 37.8 Å². The molecule has 0 radical (unpaired) electrons. The molecule has 0 bridgehead atoms. The molecule has 1 saturated heterocycles. The van der Waals surface area contributed by atoms with Gasteiger partial charge in [-0.05, 0) is 12.5 Å². The van der Waals surface area contributed by atoms with Crippen LogP contribution in [0.4, 0.5) is 0 Å². The average molecular weight is 294 g/mol. The first-order valence-corrected chi connectivity index (χ1v) is 7.58. The smallest absolute Gasteiger partial charge is 0.124 e. The van der Waals surface area contributed by atoms with E-state index in [0.29, 0.717) is 19.8 Å². The third kappa shape index (κ3) is 3.55. The van der Waals surface area contributed by atoms with Gasteiger partial charge in [-0.25, -0.2) is 5.43 Å². The zero-order valence-corrected chi connectivity index (χ0v) is 12.9. The molecule has 0 spiro atoms. The summed E-state index contributed by atoms with van der Waals surface area (Å²) in [6, 6.07) is 7.88. The predicted molar refractivity (Wildman–Crippen MR) is 82.1 cm³/mol. The molecule has 1 aromatic carbocycles. The summed E-state index contributed by atoms with van der Waals surface area (Å²) in [5, 5.41) is 0. The van der Waals surface area contributed by atoms with Gasteiger partial charge >= 0.3 is 0 Å². The molecule has 1 fully saturated rings. The lowest BCUT2D eigenvalue weighted by Gasteiger charge is -2.42. The van der Waals surface area contributed by atoms with Gasteiger partial charge in [0.2, 0.25) is 0 Å². The van der Waals surface area contributed by atoms with Crippen molar-refractivity contribution in [3.05, 3.63) is 29.8 Å². The fourth-order valence-corrected chi connectivity index (χ4v) is 2.92. The van der Waals surface area contributed by atoms with Crippen molar-refractivity contribution in [1.29, 1.82) is 0 Å². The van der Waals surface area contributed by atoms with Crippen LogP contribution in [0.5, 0.6) is 5.75 Å². The Kier molecular flexibility index (Phi) is 5.99. The van der Waals surface area contributed by atoms with E-state index in [0.717, 1.165) is 30.6 Å². The Morgan fingerprint density at radius 3 is 2.67 bits per heavy atom. The van der Waals surface area contributed by atoms with Gasteiger partial charge in [-0.2, -0.15) is 0 Å². The lowest BCUT2D eigenvalue weighted by atomic mass is 9.82. The van der Waals surface area contributed by atoms with E-state index in [1.165, 1.54) is 0 Å². The molecule has 1 aliphatic rings.